The molecule has 0 bridgehead atoms. The number of amides is 1. The number of rotatable bonds is 4. The van der Waals surface area contributed by atoms with E-state index in [1.165, 1.54) is 0 Å². The Morgan fingerprint density at radius 3 is 2.58 bits per heavy atom. The molecule has 0 N–H and O–H groups in total. The first-order chi connectivity index (χ1) is 15.2. The van der Waals surface area contributed by atoms with Gasteiger partial charge in [0, 0.05) is 29.8 Å². The van der Waals surface area contributed by atoms with E-state index in [0.717, 1.165) is 21.9 Å². The number of benzene rings is 3. The van der Waals surface area contributed by atoms with Gasteiger partial charge < -0.3 is 9.47 Å². The molecule has 2 heterocycles. The molecule has 1 aliphatic heterocycles. The predicted molar refractivity (Wildman–Crippen MR) is 121 cm³/mol. The number of hydrogen-bond acceptors (Lipinski definition) is 4. The molecule has 3 aromatic carbocycles. The highest BCUT2D eigenvalue weighted by Gasteiger charge is 2.35. The van der Waals surface area contributed by atoms with Crippen LogP contribution in [-0.2, 0) is 0 Å². The van der Waals surface area contributed by atoms with Crippen molar-refractivity contribution in [1.29, 1.82) is 0 Å². The zero-order chi connectivity index (χ0) is 21.4. The Kier molecular flexibility index (Phi) is 4.79. The van der Waals surface area contributed by atoms with Crippen LogP contribution >= 0.6 is 0 Å². The molecule has 1 unspecified atom stereocenters. The maximum absolute atomic E-state index is 13.7. The first kappa shape index (κ1) is 19.1. The van der Waals surface area contributed by atoms with Crippen LogP contribution in [0.1, 0.15) is 27.4 Å². The summed E-state index contributed by atoms with van der Waals surface area (Å²) >= 11 is 0. The smallest absolute Gasteiger partial charge is 0.260 e. The summed E-state index contributed by atoms with van der Waals surface area (Å²) in [4.78, 5) is 20.0. The molecule has 5 rings (SSSR count). The van der Waals surface area contributed by atoms with Crippen LogP contribution < -0.4 is 14.4 Å². The molecule has 1 aromatic heterocycles. The molecule has 0 radical (unpaired) electrons. The number of ether oxygens (including phenoxy) is 2. The molecular weight excluding hydrogens is 388 g/mol. The number of aromatic nitrogens is 1. The molecule has 1 aliphatic rings. The van der Waals surface area contributed by atoms with Gasteiger partial charge in [-0.3, -0.25) is 9.69 Å². The van der Waals surface area contributed by atoms with Gasteiger partial charge in [-0.2, -0.15) is 0 Å². The van der Waals surface area contributed by atoms with E-state index >= 15 is 0 Å². The fourth-order valence-corrected chi connectivity index (χ4v) is 4.37. The summed E-state index contributed by atoms with van der Waals surface area (Å²) in [6.07, 6.45) is 1.74. The number of fused-ring (bicyclic) bond motifs is 2. The van der Waals surface area contributed by atoms with E-state index in [1.807, 2.05) is 72.8 Å². The number of carbonyl (C=O) groups excluding carboxylic acids is 1. The summed E-state index contributed by atoms with van der Waals surface area (Å²) in [5.74, 6) is 2.02. The van der Waals surface area contributed by atoms with E-state index in [2.05, 4.69) is 4.98 Å². The zero-order valence-corrected chi connectivity index (χ0v) is 17.4. The third-order valence-corrected chi connectivity index (χ3v) is 5.89. The lowest BCUT2D eigenvalue weighted by atomic mass is 9.94. The summed E-state index contributed by atoms with van der Waals surface area (Å²) < 4.78 is 10.9. The summed E-state index contributed by atoms with van der Waals surface area (Å²) in [5, 5.41) is 1.99. The Morgan fingerprint density at radius 1 is 0.935 bits per heavy atom. The number of hydrogen-bond donors (Lipinski definition) is 0. The van der Waals surface area contributed by atoms with Crippen LogP contribution in [0.5, 0.6) is 11.5 Å². The monoisotopic (exact) mass is 410 g/mol. The highest BCUT2D eigenvalue weighted by atomic mass is 16.5. The lowest BCUT2D eigenvalue weighted by Gasteiger charge is -2.19. The van der Waals surface area contributed by atoms with Crippen LogP contribution in [0.2, 0.25) is 0 Å². The second kappa shape index (κ2) is 7.76. The van der Waals surface area contributed by atoms with Crippen molar-refractivity contribution in [2.45, 2.75) is 5.92 Å². The molecule has 5 nitrogen and oxygen atoms in total. The van der Waals surface area contributed by atoms with Crippen molar-refractivity contribution in [1.82, 2.24) is 4.98 Å². The van der Waals surface area contributed by atoms with Crippen molar-refractivity contribution in [2.24, 2.45) is 0 Å². The van der Waals surface area contributed by atoms with Gasteiger partial charge in [0.2, 0.25) is 0 Å². The van der Waals surface area contributed by atoms with Gasteiger partial charge >= 0.3 is 0 Å². The molecule has 1 atom stereocenters. The average Bonchev–Trinajstić information content (AvgIpc) is 3.22. The van der Waals surface area contributed by atoms with Gasteiger partial charge in [-0.1, -0.05) is 48.5 Å². The largest absolute Gasteiger partial charge is 0.493 e. The van der Waals surface area contributed by atoms with Gasteiger partial charge in [-0.05, 0) is 40.6 Å². The Labute approximate surface area is 180 Å². The van der Waals surface area contributed by atoms with Crippen molar-refractivity contribution < 1.29 is 14.3 Å². The highest BCUT2D eigenvalue weighted by molar-refractivity contribution is 6.14. The third-order valence-electron chi connectivity index (χ3n) is 5.89. The topological polar surface area (TPSA) is 51.7 Å². The number of nitrogens with zero attached hydrogens (tertiary/aromatic N) is 2. The van der Waals surface area contributed by atoms with E-state index in [9.17, 15) is 4.79 Å². The molecular formula is C26H22N2O3. The molecule has 0 saturated carbocycles. The molecule has 1 amide bonds. The first-order valence-electron chi connectivity index (χ1n) is 10.2. The summed E-state index contributed by atoms with van der Waals surface area (Å²) in [6, 6.07) is 23.7. The quantitative estimate of drug-likeness (QED) is 0.473. The van der Waals surface area contributed by atoms with Crippen molar-refractivity contribution in [2.75, 3.05) is 25.7 Å². The molecule has 5 heteroatoms. The lowest BCUT2D eigenvalue weighted by Crippen LogP contribution is -2.30. The van der Waals surface area contributed by atoms with E-state index in [1.54, 1.807) is 25.3 Å². The second-order valence-corrected chi connectivity index (χ2v) is 7.53. The van der Waals surface area contributed by atoms with Gasteiger partial charge in [-0.15, -0.1) is 0 Å². The van der Waals surface area contributed by atoms with Gasteiger partial charge in [0.25, 0.3) is 5.91 Å². The minimum absolute atomic E-state index is 0.00225. The molecule has 154 valence electrons. The van der Waals surface area contributed by atoms with Gasteiger partial charge in [0.05, 0.1) is 14.2 Å². The SMILES string of the molecule is COc1ccc(C2CN(C(=O)c3cccc4ccccc34)c3ncccc32)cc1OC. The maximum atomic E-state index is 13.7. The van der Waals surface area contributed by atoms with Crippen LogP contribution in [-0.4, -0.2) is 31.7 Å². The predicted octanol–water partition coefficient (Wildman–Crippen LogP) is 5.04. The number of carbonyl (C=O) groups is 1. The summed E-state index contributed by atoms with van der Waals surface area (Å²) in [7, 11) is 3.25. The zero-order valence-electron chi connectivity index (χ0n) is 17.4. The van der Waals surface area contributed by atoms with E-state index in [-0.39, 0.29) is 11.8 Å². The van der Waals surface area contributed by atoms with Crippen molar-refractivity contribution >= 4 is 22.5 Å². The van der Waals surface area contributed by atoms with E-state index in [4.69, 9.17) is 9.47 Å². The fourth-order valence-electron chi connectivity index (χ4n) is 4.37. The average molecular weight is 410 g/mol. The molecule has 4 aromatic rings. The lowest BCUT2D eigenvalue weighted by molar-refractivity contribution is 0.0989. The minimum Gasteiger partial charge on any atom is -0.493 e. The van der Waals surface area contributed by atoms with Gasteiger partial charge in [-0.25, -0.2) is 4.98 Å². The van der Waals surface area contributed by atoms with Crippen molar-refractivity contribution in [3.63, 3.8) is 0 Å². The normalized spacial score (nSPS) is 15.0. The number of methoxy groups -OCH3 is 2. The summed E-state index contributed by atoms with van der Waals surface area (Å²) in [6.45, 7) is 0.518. The van der Waals surface area contributed by atoms with Crippen molar-refractivity contribution in [3.8, 4) is 11.5 Å². The Morgan fingerprint density at radius 2 is 1.74 bits per heavy atom. The third kappa shape index (κ3) is 3.19. The molecule has 0 fully saturated rings. The number of anilines is 1. The molecule has 0 saturated heterocycles. The van der Waals surface area contributed by atoms with Crippen LogP contribution in [0.15, 0.2) is 79.0 Å². The van der Waals surface area contributed by atoms with Crippen LogP contribution in [0.25, 0.3) is 10.8 Å². The van der Waals surface area contributed by atoms with Gasteiger partial charge in [0.1, 0.15) is 5.82 Å². The van der Waals surface area contributed by atoms with E-state index in [0.29, 0.717) is 29.4 Å². The highest BCUT2D eigenvalue weighted by Crippen LogP contribution is 2.42. The maximum Gasteiger partial charge on any atom is 0.260 e. The first-order valence-corrected chi connectivity index (χ1v) is 10.2. The molecule has 0 spiro atoms. The standard InChI is InChI=1S/C26H22N2O3/c1-30-23-13-12-18(15-24(23)31-2)22-16-28(25-20(22)11-6-14-27-25)26(29)21-10-5-8-17-7-3-4-9-19(17)21/h3-15,22H,16H2,1-2H3. The van der Waals surface area contributed by atoms with Crippen LogP contribution in [0.4, 0.5) is 5.82 Å². The summed E-state index contributed by atoms with van der Waals surface area (Å²) in [5.41, 5.74) is 2.77. The minimum atomic E-state index is -0.0419. The van der Waals surface area contributed by atoms with E-state index < -0.39 is 0 Å². The van der Waals surface area contributed by atoms with Crippen LogP contribution in [0.3, 0.4) is 0 Å². The van der Waals surface area contributed by atoms with Gasteiger partial charge in [0.15, 0.2) is 11.5 Å². The Hall–Kier alpha value is -3.86. The fraction of sp³-hybridized carbons (Fsp3) is 0.154. The molecule has 31 heavy (non-hydrogen) atoms. The molecule has 0 aliphatic carbocycles. The van der Waals surface area contributed by atoms with Crippen LogP contribution in [0, 0.1) is 0 Å². The van der Waals surface area contributed by atoms with Crippen molar-refractivity contribution in [3.05, 3.63) is 95.7 Å². The number of pyridine rings is 1. The Bertz CT molecular complexity index is 1280. The second-order valence-electron chi connectivity index (χ2n) is 7.53. The Balaban J connectivity index is 1.57.